The summed E-state index contributed by atoms with van der Waals surface area (Å²) >= 11 is 6.25. The number of rotatable bonds is 3. The summed E-state index contributed by atoms with van der Waals surface area (Å²) in [6.45, 7) is 0. The molecule has 0 atom stereocenters. The molecular formula is C17H12BrN3OS2. The van der Waals surface area contributed by atoms with Crippen LogP contribution in [0.25, 0.3) is 6.08 Å². The Labute approximate surface area is 156 Å². The number of carbonyl (C=O) groups excluding carboxylic acids is 1. The van der Waals surface area contributed by atoms with Gasteiger partial charge in [-0.2, -0.15) is 10.5 Å². The van der Waals surface area contributed by atoms with Gasteiger partial charge in [0.25, 0.3) is 5.91 Å². The Morgan fingerprint density at radius 3 is 2.79 bits per heavy atom. The van der Waals surface area contributed by atoms with E-state index in [0.717, 1.165) is 40.6 Å². The highest BCUT2D eigenvalue weighted by Gasteiger charge is 2.22. The molecular weight excluding hydrogens is 406 g/mol. The fraction of sp³-hybridized carbons (Fsp3) is 0.235. The second-order valence-corrected chi connectivity index (χ2v) is 8.28. The zero-order valence-corrected chi connectivity index (χ0v) is 15.8. The molecule has 2 aromatic rings. The molecule has 24 heavy (non-hydrogen) atoms. The van der Waals surface area contributed by atoms with E-state index < -0.39 is 5.91 Å². The monoisotopic (exact) mass is 417 g/mol. The summed E-state index contributed by atoms with van der Waals surface area (Å²) in [7, 11) is 0. The van der Waals surface area contributed by atoms with Crippen LogP contribution in [0.5, 0.6) is 0 Å². The normalized spacial score (nSPS) is 13.7. The predicted molar refractivity (Wildman–Crippen MR) is 99.9 cm³/mol. The van der Waals surface area contributed by atoms with Crippen LogP contribution in [-0.4, -0.2) is 5.91 Å². The molecule has 0 bridgehead atoms. The Bertz CT molecular complexity index is 911. The topological polar surface area (TPSA) is 76.7 Å². The van der Waals surface area contributed by atoms with Crippen molar-refractivity contribution in [2.75, 3.05) is 5.32 Å². The first kappa shape index (κ1) is 16.9. The molecule has 3 rings (SSSR count). The van der Waals surface area contributed by atoms with Crippen molar-refractivity contribution in [3.8, 4) is 12.1 Å². The van der Waals surface area contributed by atoms with Crippen molar-refractivity contribution in [2.45, 2.75) is 25.7 Å². The number of fused-ring (bicyclic) bond motifs is 1. The maximum absolute atomic E-state index is 12.4. The van der Waals surface area contributed by atoms with E-state index in [1.807, 2.05) is 17.5 Å². The van der Waals surface area contributed by atoms with Gasteiger partial charge >= 0.3 is 0 Å². The minimum Gasteiger partial charge on any atom is -0.312 e. The highest BCUT2D eigenvalue weighted by Crippen LogP contribution is 2.37. The number of carbonyl (C=O) groups is 1. The first-order valence-electron chi connectivity index (χ1n) is 7.34. The number of aryl methyl sites for hydroxylation is 1. The van der Waals surface area contributed by atoms with Crippen molar-refractivity contribution in [1.82, 2.24) is 0 Å². The largest absolute Gasteiger partial charge is 0.312 e. The van der Waals surface area contributed by atoms with Gasteiger partial charge in [0.15, 0.2) is 0 Å². The number of nitriles is 2. The predicted octanol–water partition coefficient (Wildman–Crippen LogP) is 4.87. The van der Waals surface area contributed by atoms with Crippen molar-refractivity contribution in [2.24, 2.45) is 0 Å². The number of nitrogens with one attached hydrogen (secondary N) is 1. The lowest BCUT2D eigenvalue weighted by Gasteiger charge is -2.09. The lowest BCUT2D eigenvalue weighted by Crippen LogP contribution is -2.13. The molecule has 1 amide bonds. The Kier molecular flexibility index (Phi) is 5.15. The Hall–Kier alpha value is -1.93. The van der Waals surface area contributed by atoms with Crippen molar-refractivity contribution in [3.63, 3.8) is 0 Å². The number of halogens is 1. The van der Waals surface area contributed by atoms with E-state index in [4.69, 9.17) is 0 Å². The molecule has 1 aliphatic rings. The van der Waals surface area contributed by atoms with Crippen molar-refractivity contribution >= 4 is 55.6 Å². The third-order valence-corrected chi connectivity index (χ3v) is 6.60. The highest BCUT2D eigenvalue weighted by atomic mass is 79.9. The lowest BCUT2D eigenvalue weighted by atomic mass is 9.96. The van der Waals surface area contributed by atoms with E-state index >= 15 is 0 Å². The van der Waals surface area contributed by atoms with Crippen molar-refractivity contribution in [1.29, 1.82) is 10.5 Å². The fourth-order valence-electron chi connectivity index (χ4n) is 2.64. The van der Waals surface area contributed by atoms with Crippen LogP contribution >= 0.6 is 38.6 Å². The van der Waals surface area contributed by atoms with Crippen LogP contribution in [0.15, 0.2) is 21.5 Å². The van der Waals surface area contributed by atoms with Gasteiger partial charge < -0.3 is 5.32 Å². The zero-order chi connectivity index (χ0) is 17.1. The van der Waals surface area contributed by atoms with Crippen LogP contribution in [0.1, 0.15) is 33.7 Å². The maximum atomic E-state index is 12.4. The molecule has 7 heteroatoms. The molecule has 2 heterocycles. The molecule has 0 aromatic carbocycles. The number of hydrogen-bond acceptors (Lipinski definition) is 5. The van der Waals surface area contributed by atoms with Gasteiger partial charge in [0, 0.05) is 19.6 Å². The van der Waals surface area contributed by atoms with Crippen LogP contribution in [0, 0.1) is 22.7 Å². The summed E-state index contributed by atoms with van der Waals surface area (Å²) in [6.07, 6.45) is 5.58. The average molecular weight is 418 g/mol. The third-order valence-electron chi connectivity index (χ3n) is 3.75. The SMILES string of the molecule is N#CC(=Cc1cc(Br)cs1)C(=O)Nc1sc2c(c1C#N)CCCC2. The summed E-state index contributed by atoms with van der Waals surface area (Å²) in [4.78, 5) is 14.4. The van der Waals surface area contributed by atoms with Crippen LogP contribution in [0.2, 0.25) is 0 Å². The summed E-state index contributed by atoms with van der Waals surface area (Å²) in [5.74, 6) is -0.475. The molecule has 0 aliphatic heterocycles. The quantitative estimate of drug-likeness (QED) is 0.571. The standard InChI is InChI=1S/C17H12BrN3OS2/c18-11-6-12(23-9-11)5-10(7-19)16(22)21-17-14(8-20)13-3-1-2-4-15(13)24-17/h5-6,9H,1-4H2,(H,21,22). The summed E-state index contributed by atoms with van der Waals surface area (Å²) in [5, 5.41) is 23.9. The van der Waals surface area contributed by atoms with E-state index in [1.54, 1.807) is 6.08 Å². The van der Waals surface area contributed by atoms with E-state index in [1.165, 1.54) is 27.6 Å². The van der Waals surface area contributed by atoms with Gasteiger partial charge in [-0.25, -0.2) is 0 Å². The Balaban J connectivity index is 1.87. The van der Waals surface area contributed by atoms with Gasteiger partial charge in [0.2, 0.25) is 0 Å². The Morgan fingerprint density at radius 2 is 2.12 bits per heavy atom. The summed E-state index contributed by atoms with van der Waals surface area (Å²) < 4.78 is 0.911. The number of amides is 1. The maximum Gasteiger partial charge on any atom is 0.267 e. The van der Waals surface area contributed by atoms with Gasteiger partial charge in [-0.05, 0) is 59.3 Å². The highest BCUT2D eigenvalue weighted by molar-refractivity contribution is 9.10. The molecule has 0 spiro atoms. The van der Waals surface area contributed by atoms with Gasteiger partial charge in [-0.15, -0.1) is 22.7 Å². The molecule has 0 saturated heterocycles. The first-order valence-corrected chi connectivity index (χ1v) is 9.83. The number of thiophene rings is 2. The molecule has 0 radical (unpaired) electrons. The third kappa shape index (κ3) is 3.44. The smallest absolute Gasteiger partial charge is 0.267 e. The second kappa shape index (κ2) is 7.31. The zero-order valence-electron chi connectivity index (χ0n) is 12.6. The lowest BCUT2D eigenvalue weighted by molar-refractivity contribution is -0.112. The minimum absolute atomic E-state index is 0.0274. The number of hydrogen-bond donors (Lipinski definition) is 1. The number of anilines is 1. The van der Waals surface area contributed by atoms with E-state index in [9.17, 15) is 15.3 Å². The Morgan fingerprint density at radius 1 is 1.33 bits per heavy atom. The van der Waals surface area contributed by atoms with Gasteiger partial charge in [-0.3, -0.25) is 4.79 Å². The summed E-state index contributed by atoms with van der Waals surface area (Å²) in [5.41, 5.74) is 1.65. The first-order chi connectivity index (χ1) is 11.6. The van der Waals surface area contributed by atoms with E-state index in [0.29, 0.717) is 10.6 Å². The van der Waals surface area contributed by atoms with Gasteiger partial charge in [0.05, 0.1) is 5.56 Å². The van der Waals surface area contributed by atoms with Gasteiger partial charge in [0.1, 0.15) is 22.7 Å². The molecule has 0 unspecified atom stereocenters. The molecule has 2 aromatic heterocycles. The molecule has 1 aliphatic carbocycles. The van der Waals surface area contributed by atoms with Crippen LogP contribution < -0.4 is 5.32 Å². The fourth-order valence-corrected chi connectivity index (χ4v) is 5.25. The van der Waals surface area contributed by atoms with Crippen molar-refractivity contribution in [3.05, 3.63) is 42.4 Å². The minimum atomic E-state index is -0.475. The average Bonchev–Trinajstić information content (AvgIpc) is 3.14. The summed E-state index contributed by atoms with van der Waals surface area (Å²) in [6, 6.07) is 6.00. The molecule has 0 saturated carbocycles. The van der Waals surface area contributed by atoms with Crippen molar-refractivity contribution < 1.29 is 4.79 Å². The second-order valence-electron chi connectivity index (χ2n) is 5.32. The van der Waals surface area contributed by atoms with Crippen LogP contribution in [0.3, 0.4) is 0 Å². The molecule has 0 fully saturated rings. The molecule has 1 N–H and O–H groups in total. The number of nitrogens with zero attached hydrogens (tertiary/aromatic N) is 2. The van der Waals surface area contributed by atoms with E-state index in [-0.39, 0.29) is 5.57 Å². The molecule has 120 valence electrons. The van der Waals surface area contributed by atoms with E-state index in [2.05, 4.69) is 27.3 Å². The van der Waals surface area contributed by atoms with Crippen LogP contribution in [-0.2, 0) is 17.6 Å². The van der Waals surface area contributed by atoms with Crippen LogP contribution in [0.4, 0.5) is 5.00 Å². The van der Waals surface area contributed by atoms with Gasteiger partial charge in [-0.1, -0.05) is 0 Å². The molecule has 4 nitrogen and oxygen atoms in total.